The van der Waals surface area contributed by atoms with Gasteiger partial charge in [-0.25, -0.2) is 4.79 Å². The second kappa shape index (κ2) is 6.38. The number of para-hydroxylation sites is 1. The zero-order valence-electron chi connectivity index (χ0n) is 12.6. The summed E-state index contributed by atoms with van der Waals surface area (Å²) in [5.41, 5.74) is 1.49. The minimum atomic E-state index is -1.15. The van der Waals surface area contributed by atoms with Gasteiger partial charge < -0.3 is 10.2 Å². The van der Waals surface area contributed by atoms with E-state index in [1.807, 2.05) is 0 Å². The van der Waals surface area contributed by atoms with Crippen molar-refractivity contribution in [3.8, 4) is 16.9 Å². The third kappa shape index (κ3) is 2.77. The van der Waals surface area contributed by atoms with Crippen LogP contribution in [0.25, 0.3) is 11.1 Å². The summed E-state index contributed by atoms with van der Waals surface area (Å²) < 4.78 is 0. The highest BCUT2D eigenvalue weighted by molar-refractivity contribution is 6.17. The predicted molar refractivity (Wildman–Crippen MR) is 90.4 cm³/mol. The van der Waals surface area contributed by atoms with Crippen molar-refractivity contribution in [1.82, 2.24) is 0 Å². The topological polar surface area (TPSA) is 74.6 Å². The molecular weight excluding hydrogens is 304 g/mol. The van der Waals surface area contributed by atoms with Gasteiger partial charge in [0, 0.05) is 16.7 Å². The average Bonchev–Trinajstić information content (AvgIpc) is 2.61. The van der Waals surface area contributed by atoms with Crippen molar-refractivity contribution in [3.63, 3.8) is 0 Å². The highest BCUT2D eigenvalue weighted by Gasteiger charge is 2.20. The standard InChI is InChI=1S/C20H14O4/c21-18-12-6-5-8-14(18)13-7-1-2-9-15(13)19(22)16-10-3-4-11-17(16)20(23)24/h1-12,21H,(H,23,24). The summed E-state index contributed by atoms with van der Waals surface area (Å²) in [7, 11) is 0. The Bertz CT molecular complexity index is 928. The molecule has 0 aliphatic rings. The number of carboxylic acid groups (broad SMARTS) is 1. The van der Waals surface area contributed by atoms with Gasteiger partial charge in [0.25, 0.3) is 0 Å². The van der Waals surface area contributed by atoms with Gasteiger partial charge in [0.05, 0.1) is 5.56 Å². The van der Waals surface area contributed by atoms with Crippen LogP contribution < -0.4 is 0 Å². The third-order valence-corrected chi connectivity index (χ3v) is 3.77. The zero-order valence-corrected chi connectivity index (χ0v) is 12.6. The fourth-order valence-corrected chi connectivity index (χ4v) is 2.63. The maximum atomic E-state index is 12.9. The Morgan fingerprint density at radius 2 is 1.12 bits per heavy atom. The minimum Gasteiger partial charge on any atom is -0.507 e. The highest BCUT2D eigenvalue weighted by atomic mass is 16.4. The fraction of sp³-hybridized carbons (Fsp3) is 0. The first-order valence-corrected chi connectivity index (χ1v) is 7.34. The van der Waals surface area contributed by atoms with Crippen LogP contribution >= 0.6 is 0 Å². The normalized spacial score (nSPS) is 10.3. The van der Waals surface area contributed by atoms with Gasteiger partial charge in [-0.2, -0.15) is 0 Å². The predicted octanol–water partition coefficient (Wildman–Crippen LogP) is 3.99. The zero-order chi connectivity index (χ0) is 17.1. The first-order valence-electron chi connectivity index (χ1n) is 7.34. The Morgan fingerprint density at radius 1 is 0.625 bits per heavy atom. The summed E-state index contributed by atoms with van der Waals surface area (Å²) in [5, 5.41) is 19.4. The van der Waals surface area contributed by atoms with E-state index in [-0.39, 0.29) is 16.9 Å². The van der Waals surface area contributed by atoms with Crippen LogP contribution in [0.5, 0.6) is 5.75 Å². The molecule has 24 heavy (non-hydrogen) atoms. The van der Waals surface area contributed by atoms with Crippen LogP contribution in [-0.4, -0.2) is 22.0 Å². The molecule has 0 fully saturated rings. The number of aromatic hydroxyl groups is 1. The van der Waals surface area contributed by atoms with Gasteiger partial charge >= 0.3 is 5.97 Å². The van der Waals surface area contributed by atoms with Crippen LogP contribution in [-0.2, 0) is 0 Å². The van der Waals surface area contributed by atoms with Gasteiger partial charge in [-0.05, 0) is 17.7 Å². The molecule has 4 heteroatoms. The molecule has 0 unspecified atom stereocenters. The average molecular weight is 318 g/mol. The number of aromatic carboxylic acids is 1. The number of hydrogen-bond donors (Lipinski definition) is 2. The summed E-state index contributed by atoms with van der Waals surface area (Å²) in [6, 6.07) is 19.6. The molecule has 0 heterocycles. The van der Waals surface area contributed by atoms with E-state index in [0.717, 1.165) is 0 Å². The molecule has 0 aromatic heterocycles. The summed E-state index contributed by atoms with van der Waals surface area (Å²) in [6.45, 7) is 0. The lowest BCUT2D eigenvalue weighted by molar-refractivity contribution is 0.0693. The number of carboxylic acids is 1. The molecule has 0 bridgehead atoms. The molecule has 3 aromatic rings. The van der Waals surface area contributed by atoms with E-state index in [4.69, 9.17) is 0 Å². The van der Waals surface area contributed by atoms with Crippen LogP contribution in [0.3, 0.4) is 0 Å². The molecule has 0 spiro atoms. The van der Waals surface area contributed by atoms with Crippen molar-refractivity contribution in [2.45, 2.75) is 0 Å². The number of carbonyl (C=O) groups excluding carboxylic acids is 1. The largest absolute Gasteiger partial charge is 0.507 e. The van der Waals surface area contributed by atoms with Crippen LogP contribution in [0, 0.1) is 0 Å². The molecule has 0 radical (unpaired) electrons. The van der Waals surface area contributed by atoms with Crippen molar-refractivity contribution in [2.24, 2.45) is 0 Å². The van der Waals surface area contributed by atoms with Crippen LogP contribution in [0.4, 0.5) is 0 Å². The van der Waals surface area contributed by atoms with E-state index in [1.165, 1.54) is 12.1 Å². The van der Waals surface area contributed by atoms with E-state index in [1.54, 1.807) is 60.7 Å². The van der Waals surface area contributed by atoms with Gasteiger partial charge in [0.2, 0.25) is 0 Å². The SMILES string of the molecule is O=C(O)c1ccccc1C(=O)c1ccccc1-c1ccccc1O. The molecule has 0 saturated carbocycles. The Morgan fingerprint density at radius 3 is 1.75 bits per heavy atom. The Hall–Kier alpha value is -3.40. The van der Waals surface area contributed by atoms with E-state index in [9.17, 15) is 19.8 Å². The number of benzene rings is 3. The number of ketones is 1. The van der Waals surface area contributed by atoms with Gasteiger partial charge in [-0.1, -0.05) is 60.7 Å². The van der Waals surface area contributed by atoms with Crippen LogP contribution in [0.2, 0.25) is 0 Å². The summed E-state index contributed by atoms with van der Waals surface area (Å²) in [4.78, 5) is 24.3. The number of phenols is 1. The number of rotatable bonds is 4. The molecule has 0 amide bonds. The van der Waals surface area contributed by atoms with Crippen molar-refractivity contribution >= 4 is 11.8 Å². The quantitative estimate of drug-likeness (QED) is 0.713. The van der Waals surface area contributed by atoms with Crippen molar-refractivity contribution in [3.05, 3.63) is 89.5 Å². The van der Waals surface area contributed by atoms with E-state index in [0.29, 0.717) is 16.7 Å². The van der Waals surface area contributed by atoms with Gasteiger partial charge in [-0.3, -0.25) is 4.79 Å². The third-order valence-electron chi connectivity index (χ3n) is 3.77. The molecule has 3 aromatic carbocycles. The summed E-state index contributed by atoms with van der Waals surface area (Å²) in [5.74, 6) is -1.49. The van der Waals surface area contributed by atoms with Crippen LogP contribution in [0.15, 0.2) is 72.8 Å². The van der Waals surface area contributed by atoms with Crippen molar-refractivity contribution in [1.29, 1.82) is 0 Å². The number of phenolic OH excluding ortho intramolecular Hbond substituents is 1. The Balaban J connectivity index is 2.17. The van der Waals surface area contributed by atoms with E-state index >= 15 is 0 Å². The lowest BCUT2D eigenvalue weighted by atomic mass is 9.91. The monoisotopic (exact) mass is 318 g/mol. The summed E-state index contributed by atoms with van der Waals surface area (Å²) in [6.07, 6.45) is 0. The molecular formula is C20H14O4. The van der Waals surface area contributed by atoms with Crippen molar-refractivity contribution < 1.29 is 19.8 Å². The molecule has 0 aliphatic carbocycles. The lowest BCUT2D eigenvalue weighted by Gasteiger charge is -2.11. The molecule has 3 rings (SSSR count). The number of carbonyl (C=O) groups is 2. The molecule has 2 N–H and O–H groups in total. The van der Waals surface area contributed by atoms with Crippen molar-refractivity contribution in [2.75, 3.05) is 0 Å². The van der Waals surface area contributed by atoms with Crippen LogP contribution in [0.1, 0.15) is 26.3 Å². The Labute approximate surface area is 138 Å². The maximum absolute atomic E-state index is 12.9. The Kier molecular flexibility index (Phi) is 4.12. The molecule has 118 valence electrons. The number of hydrogen-bond acceptors (Lipinski definition) is 3. The van der Waals surface area contributed by atoms with Gasteiger partial charge in [-0.15, -0.1) is 0 Å². The van der Waals surface area contributed by atoms with E-state index in [2.05, 4.69) is 0 Å². The smallest absolute Gasteiger partial charge is 0.336 e. The minimum absolute atomic E-state index is 0.0467. The highest BCUT2D eigenvalue weighted by Crippen LogP contribution is 2.32. The first kappa shape index (κ1) is 15.5. The van der Waals surface area contributed by atoms with E-state index < -0.39 is 11.8 Å². The molecule has 0 atom stereocenters. The molecule has 0 saturated heterocycles. The molecule has 4 nitrogen and oxygen atoms in total. The second-order valence-corrected chi connectivity index (χ2v) is 5.24. The molecule has 0 aliphatic heterocycles. The first-order chi connectivity index (χ1) is 11.6. The lowest BCUT2D eigenvalue weighted by Crippen LogP contribution is -2.10. The second-order valence-electron chi connectivity index (χ2n) is 5.24. The fourth-order valence-electron chi connectivity index (χ4n) is 2.63. The van der Waals surface area contributed by atoms with Gasteiger partial charge in [0.15, 0.2) is 5.78 Å². The van der Waals surface area contributed by atoms with Gasteiger partial charge in [0.1, 0.15) is 5.75 Å². The maximum Gasteiger partial charge on any atom is 0.336 e. The summed E-state index contributed by atoms with van der Waals surface area (Å²) >= 11 is 0.